The number of halogens is 1. The third-order valence-corrected chi connectivity index (χ3v) is 3.36. The van der Waals surface area contributed by atoms with E-state index in [2.05, 4.69) is 10.6 Å². The van der Waals surface area contributed by atoms with Crippen LogP contribution in [0.1, 0.15) is 18.4 Å². The molecule has 0 bridgehead atoms. The molecule has 1 unspecified atom stereocenters. The Morgan fingerprint density at radius 2 is 2.32 bits per heavy atom. The first-order valence-electron chi connectivity index (χ1n) is 7.52. The zero-order chi connectivity index (χ0) is 14.9. The van der Waals surface area contributed by atoms with Crippen LogP contribution in [0.2, 0.25) is 0 Å². The highest BCUT2D eigenvalue weighted by atomic mass is 35.5. The summed E-state index contributed by atoms with van der Waals surface area (Å²) in [4.78, 5) is 11.6. The van der Waals surface area contributed by atoms with Crippen LogP contribution in [-0.2, 0) is 9.53 Å². The fourth-order valence-electron chi connectivity index (χ4n) is 2.28. The fraction of sp³-hybridized carbons (Fsp3) is 0.562. The molecule has 1 aliphatic heterocycles. The minimum absolute atomic E-state index is 0. The van der Waals surface area contributed by atoms with Crippen LogP contribution in [0.25, 0.3) is 0 Å². The van der Waals surface area contributed by atoms with E-state index in [-0.39, 0.29) is 24.4 Å². The van der Waals surface area contributed by atoms with Crippen molar-refractivity contribution in [1.82, 2.24) is 10.6 Å². The maximum atomic E-state index is 11.6. The van der Waals surface area contributed by atoms with E-state index < -0.39 is 0 Å². The van der Waals surface area contributed by atoms with Crippen molar-refractivity contribution in [3.8, 4) is 5.75 Å². The zero-order valence-electron chi connectivity index (χ0n) is 13.0. The van der Waals surface area contributed by atoms with Gasteiger partial charge in [0, 0.05) is 13.2 Å². The monoisotopic (exact) mass is 328 g/mol. The number of rotatable bonds is 8. The average molecular weight is 329 g/mol. The molecule has 1 aromatic rings. The van der Waals surface area contributed by atoms with E-state index in [9.17, 15) is 4.79 Å². The minimum atomic E-state index is -0.0131. The smallest absolute Gasteiger partial charge is 0.234 e. The fourth-order valence-corrected chi connectivity index (χ4v) is 2.28. The van der Waals surface area contributed by atoms with Gasteiger partial charge in [-0.25, -0.2) is 0 Å². The molecule has 1 amide bonds. The third kappa shape index (κ3) is 7.11. The average Bonchev–Trinajstić information content (AvgIpc) is 2.97. The third-order valence-electron chi connectivity index (χ3n) is 3.36. The van der Waals surface area contributed by atoms with Crippen LogP contribution >= 0.6 is 12.4 Å². The highest BCUT2D eigenvalue weighted by Crippen LogP contribution is 2.11. The molecule has 22 heavy (non-hydrogen) atoms. The number of hydrogen-bond acceptors (Lipinski definition) is 4. The number of nitrogens with one attached hydrogen (secondary N) is 2. The molecule has 1 aliphatic rings. The lowest BCUT2D eigenvalue weighted by Crippen LogP contribution is -2.38. The lowest BCUT2D eigenvalue weighted by Gasteiger charge is -2.11. The summed E-state index contributed by atoms with van der Waals surface area (Å²) in [7, 11) is 0. The van der Waals surface area contributed by atoms with E-state index in [0.717, 1.165) is 37.3 Å². The van der Waals surface area contributed by atoms with E-state index in [1.54, 1.807) is 0 Å². The summed E-state index contributed by atoms with van der Waals surface area (Å²) in [6.07, 6.45) is 2.47. The Kier molecular flexibility index (Phi) is 8.89. The zero-order valence-corrected chi connectivity index (χ0v) is 13.8. The SMILES string of the molecule is Cc1cccc(OCCNC(=O)CNCC2CCCO2)c1.Cl. The number of amides is 1. The molecule has 0 saturated carbocycles. The number of carbonyl (C=O) groups excluding carboxylic acids is 1. The molecular weight excluding hydrogens is 304 g/mol. The van der Waals surface area contributed by atoms with Gasteiger partial charge >= 0.3 is 0 Å². The molecule has 2 N–H and O–H groups in total. The van der Waals surface area contributed by atoms with E-state index in [1.807, 2.05) is 31.2 Å². The summed E-state index contributed by atoms with van der Waals surface area (Å²) in [5, 5.41) is 5.94. The van der Waals surface area contributed by atoms with E-state index in [1.165, 1.54) is 0 Å². The van der Waals surface area contributed by atoms with Crippen molar-refractivity contribution in [3.05, 3.63) is 29.8 Å². The van der Waals surface area contributed by atoms with Gasteiger partial charge in [-0.1, -0.05) is 12.1 Å². The first-order valence-corrected chi connectivity index (χ1v) is 7.52. The molecule has 5 nitrogen and oxygen atoms in total. The largest absolute Gasteiger partial charge is 0.492 e. The molecule has 1 saturated heterocycles. The molecule has 1 aromatic carbocycles. The lowest BCUT2D eigenvalue weighted by atomic mass is 10.2. The first kappa shape index (κ1) is 18.7. The number of ether oxygens (including phenoxy) is 2. The Balaban J connectivity index is 0.00000242. The summed E-state index contributed by atoms with van der Waals surface area (Å²) in [6, 6.07) is 7.87. The van der Waals surface area contributed by atoms with Gasteiger partial charge in [-0.05, 0) is 37.5 Å². The van der Waals surface area contributed by atoms with Crippen LogP contribution < -0.4 is 15.4 Å². The predicted octanol–water partition coefficient (Wildman–Crippen LogP) is 1.68. The van der Waals surface area contributed by atoms with E-state index in [4.69, 9.17) is 9.47 Å². The molecule has 1 atom stereocenters. The van der Waals surface area contributed by atoms with Gasteiger partial charge in [0.25, 0.3) is 0 Å². The number of benzene rings is 1. The topological polar surface area (TPSA) is 59.6 Å². The Labute approximate surface area is 138 Å². The predicted molar refractivity (Wildman–Crippen MR) is 88.8 cm³/mol. The van der Waals surface area contributed by atoms with Crippen molar-refractivity contribution in [1.29, 1.82) is 0 Å². The van der Waals surface area contributed by atoms with Crippen LogP contribution in [0, 0.1) is 6.92 Å². The second-order valence-electron chi connectivity index (χ2n) is 5.28. The molecule has 2 rings (SSSR count). The summed E-state index contributed by atoms with van der Waals surface area (Å²) < 4.78 is 11.0. The maximum absolute atomic E-state index is 11.6. The minimum Gasteiger partial charge on any atom is -0.492 e. The highest BCUT2D eigenvalue weighted by molar-refractivity contribution is 5.85. The Hall–Kier alpha value is -1.30. The van der Waals surface area contributed by atoms with Gasteiger partial charge in [0.15, 0.2) is 0 Å². The van der Waals surface area contributed by atoms with E-state index in [0.29, 0.717) is 19.7 Å². The van der Waals surface area contributed by atoms with Gasteiger partial charge in [0.2, 0.25) is 5.91 Å². The van der Waals surface area contributed by atoms with Crippen LogP contribution in [0.15, 0.2) is 24.3 Å². The normalized spacial score (nSPS) is 16.9. The molecule has 124 valence electrons. The van der Waals surface area contributed by atoms with Gasteiger partial charge in [-0.2, -0.15) is 0 Å². The molecule has 6 heteroatoms. The van der Waals surface area contributed by atoms with Gasteiger partial charge in [0.05, 0.1) is 19.2 Å². The van der Waals surface area contributed by atoms with Gasteiger partial charge in [-0.3, -0.25) is 4.79 Å². The van der Waals surface area contributed by atoms with Crippen LogP contribution in [0.3, 0.4) is 0 Å². The first-order chi connectivity index (χ1) is 10.2. The van der Waals surface area contributed by atoms with Gasteiger partial charge < -0.3 is 20.1 Å². The van der Waals surface area contributed by atoms with E-state index >= 15 is 0 Å². The summed E-state index contributed by atoms with van der Waals surface area (Å²) >= 11 is 0. The van der Waals surface area contributed by atoms with Crippen molar-refractivity contribution in [2.24, 2.45) is 0 Å². The molecule has 1 fully saturated rings. The second-order valence-corrected chi connectivity index (χ2v) is 5.28. The van der Waals surface area contributed by atoms with Crippen molar-refractivity contribution in [2.45, 2.75) is 25.9 Å². The Morgan fingerprint density at radius 3 is 3.05 bits per heavy atom. The molecule has 0 radical (unpaired) electrons. The van der Waals surface area contributed by atoms with Gasteiger partial charge in [0.1, 0.15) is 12.4 Å². The van der Waals surface area contributed by atoms with Crippen molar-refractivity contribution >= 4 is 18.3 Å². The Bertz CT molecular complexity index is 451. The number of aryl methyl sites for hydroxylation is 1. The molecule has 0 aromatic heterocycles. The summed E-state index contributed by atoms with van der Waals surface area (Å²) in [5.74, 6) is 0.821. The molecular formula is C16H25ClN2O3. The number of hydrogen-bond donors (Lipinski definition) is 2. The summed E-state index contributed by atoms with van der Waals surface area (Å²) in [5.41, 5.74) is 1.16. The lowest BCUT2D eigenvalue weighted by molar-refractivity contribution is -0.120. The quantitative estimate of drug-likeness (QED) is 0.713. The Morgan fingerprint density at radius 1 is 1.45 bits per heavy atom. The maximum Gasteiger partial charge on any atom is 0.234 e. The van der Waals surface area contributed by atoms with Crippen LogP contribution in [0.5, 0.6) is 5.75 Å². The standard InChI is InChI=1S/C16H24N2O3.ClH/c1-13-4-2-5-14(10-13)21-9-7-18-16(19)12-17-11-15-6-3-8-20-15;/h2,4-5,10,15,17H,3,6-9,11-12H2,1H3,(H,18,19);1H. The summed E-state index contributed by atoms with van der Waals surface area (Å²) in [6.45, 7) is 4.91. The molecule has 0 spiro atoms. The van der Waals surface area contributed by atoms with Crippen molar-refractivity contribution in [2.75, 3.05) is 32.8 Å². The molecule has 1 heterocycles. The van der Waals surface area contributed by atoms with Gasteiger partial charge in [-0.15, -0.1) is 12.4 Å². The van der Waals surface area contributed by atoms with Crippen LogP contribution in [-0.4, -0.2) is 44.9 Å². The van der Waals surface area contributed by atoms with Crippen molar-refractivity contribution in [3.63, 3.8) is 0 Å². The number of carbonyl (C=O) groups is 1. The van der Waals surface area contributed by atoms with Crippen molar-refractivity contribution < 1.29 is 14.3 Å². The van der Waals surface area contributed by atoms with Crippen LogP contribution in [0.4, 0.5) is 0 Å². The highest BCUT2D eigenvalue weighted by Gasteiger charge is 2.14. The second kappa shape index (κ2) is 10.4. The molecule has 0 aliphatic carbocycles.